The number of carbonyl (C=O) groups excluding carboxylic acids is 1. The van der Waals surface area contributed by atoms with Gasteiger partial charge in [-0.05, 0) is 35.3 Å². The highest BCUT2D eigenvalue weighted by Crippen LogP contribution is 2.61. The molecule has 6 heteroatoms. The largest absolute Gasteiger partial charge is 0.466 e. The molecule has 4 nitrogen and oxygen atoms in total. The molecule has 0 radical (unpaired) electrons. The van der Waals surface area contributed by atoms with Crippen molar-refractivity contribution in [3.63, 3.8) is 0 Å². The quantitative estimate of drug-likeness (QED) is 0.252. The molecule has 1 aliphatic rings. The molecule has 0 aromatic heterocycles. The number of carbonyl (C=O) groups is 1. The summed E-state index contributed by atoms with van der Waals surface area (Å²) < 4.78 is 4.63. The molecule has 1 N–H and O–H groups in total. The highest BCUT2D eigenvalue weighted by Gasteiger charge is 2.60. The fourth-order valence-electron chi connectivity index (χ4n) is 3.31. The summed E-state index contributed by atoms with van der Waals surface area (Å²) in [6, 6.07) is 5.89. The number of hydrogen-bond acceptors (Lipinski definition) is 5. The van der Waals surface area contributed by atoms with Crippen molar-refractivity contribution in [2.24, 2.45) is 17.3 Å². The number of allylic oxidation sites excluding steroid dienone is 1. The van der Waals surface area contributed by atoms with Crippen LogP contribution in [0.15, 0.2) is 35.2 Å². The predicted octanol–water partition coefficient (Wildman–Crippen LogP) is 4.46. The Morgan fingerprint density at radius 3 is 2.75 bits per heavy atom. The number of methoxy groups -OCH3 is 1. The standard InChI is InChI=1S/C18H23ClO4S/c1-18(2)13(7-8-16(20)22-3)17(18)15(23-21)9-11-5-6-12(24-4)10-14(11)19/h5-8,10,13,15,17,21H,9H2,1-4H3/b8-7-. The average molecular weight is 371 g/mol. The summed E-state index contributed by atoms with van der Waals surface area (Å²) in [5, 5.41) is 10.1. The van der Waals surface area contributed by atoms with E-state index in [0.717, 1.165) is 10.5 Å². The number of halogens is 1. The summed E-state index contributed by atoms with van der Waals surface area (Å²) in [5.74, 6) is -0.147. The van der Waals surface area contributed by atoms with Crippen molar-refractivity contribution in [1.29, 1.82) is 0 Å². The second-order valence-corrected chi connectivity index (χ2v) is 7.85. The molecule has 1 saturated carbocycles. The summed E-state index contributed by atoms with van der Waals surface area (Å²) in [5.41, 5.74) is 0.871. The first-order chi connectivity index (χ1) is 11.3. The van der Waals surface area contributed by atoms with Crippen LogP contribution in [0.1, 0.15) is 19.4 Å². The molecule has 1 aliphatic carbocycles. The lowest BCUT2D eigenvalue weighted by atomic mass is 10.00. The SMILES string of the molecule is COC(=O)/C=C\C1C(C(Cc2ccc(SC)cc2Cl)OO)C1(C)C. The normalized spacial score (nSPS) is 23.2. The molecule has 1 aromatic carbocycles. The van der Waals surface area contributed by atoms with Gasteiger partial charge in [0.1, 0.15) is 6.10 Å². The van der Waals surface area contributed by atoms with Crippen LogP contribution >= 0.6 is 23.4 Å². The summed E-state index contributed by atoms with van der Waals surface area (Å²) in [7, 11) is 1.35. The highest BCUT2D eigenvalue weighted by atomic mass is 35.5. The number of thioether (sulfide) groups is 1. The Labute approximate surface area is 152 Å². The number of rotatable bonds is 7. The topological polar surface area (TPSA) is 55.8 Å². The smallest absolute Gasteiger partial charge is 0.330 e. The summed E-state index contributed by atoms with van der Waals surface area (Å²) >= 11 is 7.97. The van der Waals surface area contributed by atoms with Gasteiger partial charge in [-0.3, -0.25) is 5.26 Å². The van der Waals surface area contributed by atoms with Gasteiger partial charge in [0, 0.05) is 28.3 Å². The Morgan fingerprint density at radius 1 is 1.50 bits per heavy atom. The molecule has 3 atom stereocenters. The molecular formula is C18H23ClO4S. The number of esters is 1. The van der Waals surface area contributed by atoms with E-state index in [4.69, 9.17) is 16.5 Å². The second-order valence-electron chi connectivity index (χ2n) is 6.56. The zero-order valence-corrected chi connectivity index (χ0v) is 15.9. The van der Waals surface area contributed by atoms with Crippen LogP contribution < -0.4 is 0 Å². The van der Waals surface area contributed by atoms with Gasteiger partial charge in [-0.2, -0.15) is 0 Å². The first-order valence-electron chi connectivity index (χ1n) is 7.74. The van der Waals surface area contributed by atoms with Crippen molar-refractivity contribution < 1.29 is 19.7 Å². The molecule has 132 valence electrons. The molecule has 0 spiro atoms. The van der Waals surface area contributed by atoms with Gasteiger partial charge in [0.25, 0.3) is 0 Å². The average Bonchev–Trinajstić information content (AvgIpc) is 3.11. The molecule has 0 heterocycles. The van der Waals surface area contributed by atoms with E-state index in [1.807, 2.05) is 30.5 Å². The highest BCUT2D eigenvalue weighted by molar-refractivity contribution is 7.98. The van der Waals surface area contributed by atoms with E-state index in [0.29, 0.717) is 11.4 Å². The summed E-state index contributed by atoms with van der Waals surface area (Å²) in [4.78, 5) is 17.2. The molecule has 0 saturated heterocycles. The van der Waals surface area contributed by atoms with Gasteiger partial charge in [0.2, 0.25) is 0 Å². The third kappa shape index (κ3) is 4.14. The maximum Gasteiger partial charge on any atom is 0.330 e. The molecular weight excluding hydrogens is 348 g/mol. The molecule has 3 unspecified atom stereocenters. The van der Waals surface area contributed by atoms with Crippen LogP contribution in [0, 0.1) is 17.3 Å². The van der Waals surface area contributed by atoms with Crippen molar-refractivity contribution in [2.75, 3.05) is 13.4 Å². The molecule has 0 aliphatic heterocycles. The molecule has 1 aromatic rings. The Morgan fingerprint density at radius 2 is 2.21 bits per heavy atom. The Bertz CT molecular complexity index is 629. The molecule has 0 amide bonds. The Kier molecular flexibility index (Phi) is 6.37. The molecule has 2 rings (SSSR count). The van der Waals surface area contributed by atoms with Gasteiger partial charge in [0.15, 0.2) is 0 Å². The van der Waals surface area contributed by atoms with Crippen LogP contribution in [0.3, 0.4) is 0 Å². The molecule has 24 heavy (non-hydrogen) atoms. The van der Waals surface area contributed by atoms with Crippen molar-refractivity contribution in [3.05, 3.63) is 40.9 Å². The van der Waals surface area contributed by atoms with Crippen molar-refractivity contribution in [1.82, 2.24) is 0 Å². The van der Waals surface area contributed by atoms with E-state index in [-0.39, 0.29) is 29.3 Å². The fraction of sp³-hybridized carbons (Fsp3) is 0.500. The van der Waals surface area contributed by atoms with E-state index in [2.05, 4.69) is 18.6 Å². The first kappa shape index (κ1) is 19.3. The van der Waals surface area contributed by atoms with Crippen molar-refractivity contribution in [2.45, 2.75) is 31.3 Å². The minimum Gasteiger partial charge on any atom is -0.466 e. The fourth-order valence-corrected chi connectivity index (χ4v) is 4.08. The number of ether oxygens (including phenoxy) is 1. The van der Waals surface area contributed by atoms with E-state index in [1.54, 1.807) is 11.8 Å². The number of hydrogen-bond donors (Lipinski definition) is 1. The van der Waals surface area contributed by atoms with Crippen LogP contribution in [0.2, 0.25) is 5.02 Å². The van der Waals surface area contributed by atoms with E-state index in [1.165, 1.54) is 13.2 Å². The third-order valence-electron chi connectivity index (χ3n) is 4.85. The van der Waals surface area contributed by atoms with Crippen LogP contribution in [-0.4, -0.2) is 30.7 Å². The van der Waals surface area contributed by atoms with Crippen LogP contribution in [0.4, 0.5) is 0 Å². The lowest BCUT2D eigenvalue weighted by molar-refractivity contribution is -0.285. The van der Waals surface area contributed by atoms with Gasteiger partial charge in [-0.1, -0.05) is 37.6 Å². The Balaban J connectivity index is 2.11. The maximum atomic E-state index is 11.3. The second kappa shape index (κ2) is 7.91. The molecule has 0 bridgehead atoms. The predicted molar refractivity (Wildman–Crippen MR) is 96.4 cm³/mol. The minimum absolute atomic E-state index is 0.0659. The van der Waals surface area contributed by atoms with Crippen molar-refractivity contribution >= 4 is 29.3 Å². The zero-order chi connectivity index (χ0) is 17.9. The van der Waals surface area contributed by atoms with Gasteiger partial charge in [0.05, 0.1) is 7.11 Å². The van der Waals surface area contributed by atoms with Gasteiger partial charge < -0.3 is 4.74 Å². The summed E-state index contributed by atoms with van der Waals surface area (Å²) in [6.07, 6.45) is 5.39. The first-order valence-corrected chi connectivity index (χ1v) is 9.34. The van der Waals surface area contributed by atoms with Gasteiger partial charge in [-0.15, -0.1) is 11.8 Å². The van der Waals surface area contributed by atoms with Crippen LogP contribution in [0.25, 0.3) is 0 Å². The third-order valence-corrected chi connectivity index (χ3v) is 5.93. The van der Waals surface area contributed by atoms with E-state index >= 15 is 0 Å². The lowest BCUT2D eigenvalue weighted by Gasteiger charge is -2.16. The number of benzene rings is 1. The molecule has 1 fully saturated rings. The van der Waals surface area contributed by atoms with Crippen molar-refractivity contribution in [3.8, 4) is 0 Å². The van der Waals surface area contributed by atoms with E-state index < -0.39 is 0 Å². The van der Waals surface area contributed by atoms with Gasteiger partial charge in [-0.25, -0.2) is 9.68 Å². The van der Waals surface area contributed by atoms with E-state index in [9.17, 15) is 10.1 Å². The monoisotopic (exact) mass is 370 g/mol. The minimum atomic E-state index is -0.384. The lowest BCUT2D eigenvalue weighted by Crippen LogP contribution is -2.20. The van der Waals surface area contributed by atoms with Crippen LogP contribution in [-0.2, 0) is 20.8 Å². The Hall–Kier alpha value is -1.01. The summed E-state index contributed by atoms with van der Waals surface area (Å²) in [6.45, 7) is 4.18. The van der Waals surface area contributed by atoms with Gasteiger partial charge >= 0.3 is 5.97 Å². The maximum absolute atomic E-state index is 11.3. The zero-order valence-electron chi connectivity index (χ0n) is 14.3. The van der Waals surface area contributed by atoms with Crippen LogP contribution in [0.5, 0.6) is 0 Å².